The van der Waals surface area contributed by atoms with Crippen LogP contribution in [0.25, 0.3) is 0 Å². The Kier molecular flexibility index (Phi) is 2.72. The Bertz CT molecular complexity index is 631. The van der Waals surface area contributed by atoms with E-state index in [2.05, 4.69) is 12.6 Å². The van der Waals surface area contributed by atoms with Crippen LogP contribution in [0.3, 0.4) is 0 Å². The molecule has 1 aliphatic rings. The van der Waals surface area contributed by atoms with Crippen LogP contribution in [0.5, 0.6) is 0 Å². The molecular weight excluding hydrogens is 239 g/mol. The van der Waals surface area contributed by atoms with Gasteiger partial charge in [-0.1, -0.05) is 60.7 Å². The second-order valence-corrected chi connectivity index (χ2v) is 7.61. The van der Waals surface area contributed by atoms with Crippen LogP contribution in [0.2, 0.25) is 0 Å². The molecule has 0 saturated heterocycles. The van der Waals surface area contributed by atoms with E-state index in [9.17, 15) is 4.57 Å². The van der Waals surface area contributed by atoms with Crippen molar-refractivity contribution in [1.82, 2.24) is 0 Å². The monoisotopic (exact) mass is 254 g/mol. The van der Waals surface area contributed by atoms with Crippen molar-refractivity contribution in [1.29, 1.82) is 0 Å². The molecule has 2 heteroatoms. The topological polar surface area (TPSA) is 17.1 Å². The van der Waals surface area contributed by atoms with Gasteiger partial charge in [0, 0.05) is 16.3 Å². The number of fused-ring (bicyclic) bond motifs is 1. The molecule has 0 aromatic heterocycles. The molecule has 0 amide bonds. The standard InChI is InChI=1S/C16H15OP/c1-2-14-12-13-8-6-7-11-16(13)18(14,17)15-9-4-3-5-10-15/h2-11,14H,1,12H2. The Labute approximate surface area is 108 Å². The Morgan fingerprint density at radius 3 is 2.44 bits per heavy atom. The number of benzene rings is 2. The van der Waals surface area contributed by atoms with Gasteiger partial charge >= 0.3 is 0 Å². The third-order valence-corrected chi connectivity index (χ3v) is 7.20. The molecule has 2 aromatic carbocycles. The molecule has 0 radical (unpaired) electrons. The summed E-state index contributed by atoms with van der Waals surface area (Å²) in [4.78, 5) is 0. The van der Waals surface area contributed by atoms with Gasteiger partial charge in [-0.05, 0) is 12.0 Å². The molecule has 2 unspecified atom stereocenters. The molecule has 2 atom stereocenters. The van der Waals surface area contributed by atoms with Crippen molar-refractivity contribution in [2.45, 2.75) is 12.1 Å². The van der Waals surface area contributed by atoms with Crippen molar-refractivity contribution in [3.8, 4) is 0 Å². The van der Waals surface area contributed by atoms with Gasteiger partial charge in [0.05, 0.1) is 0 Å². The van der Waals surface area contributed by atoms with Gasteiger partial charge in [-0.25, -0.2) is 0 Å². The molecule has 0 fully saturated rings. The van der Waals surface area contributed by atoms with E-state index in [0.717, 1.165) is 17.0 Å². The summed E-state index contributed by atoms with van der Waals surface area (Å²) in [5, 5.41) is 1.96. The minimum Gasteiger partial charge on any atom is -0.313 e. The molecule has 18 heavy (non-hydrogen) atoms. The van der Waals surface area contributed by atoms with E-state index in [0.29, 0.717) is 0 Å². The maximum absolute atomic E-state index is 13.5. The molecule has 0 N–H and O–H groups in total. The summed E-state index contributed by atoms with van der Waals surface area (Å²) >= 11 is 0. The van der Waals surface area contributed by atoms with Crippen LogP contribution in [-0.2, 0) is 11.0 Å². The first-order valence-electron chi connectivity index (χ1n) is 6.13. The molecule has 1 nitrogen and oxygen atoms in total. The minimum absolute atomic E-state index is 0.0392. The van der Waals surface area contributed by atoms with Crippen molar-refractivity contribution in [3.05, 3.63) is 72.8 Å². The van der Waals surface area contributed by atoms with E-state index in [-0.39, 0.29) is 5.66 Å². The van der Waals surface area contributed by atoms with Gasteiger partial charge in [0.15, 0.2) is 0 Å². The molecule has 3 rings (SSSR count). The van der Waals surface area contributed by atoms with E-state index >= 15 is 0 Å². The fourth-order valence-corrected chi connectivity index (χ4v) is 6.04. The summed E-state index contributed by atoms with van der Waals surface area (Å²) in [5.41, 5.74) is 1.24. The van der Waals surface area contributed by atoms with Crippen LogP contribution in [-0.4, -0.2) is 5.66 Å². The third kappa shape index (κ3) is 1.51. The molecular formula is C16H15OP. The quantitative estimate of drug-likeness (QED) is 0.594. The van der Waals surface area contributed by atoms with E-state index in [1.54, 1.807) is 0 Å². The van der Waals surface area contributed by atoms with E-state index in [1.807, 2.05) is 54.6 Å². The molecule has 90 valence electrons. The molecule has 1 heterocycles. The average Bonchev–Trinajstić information content (AvgIpc) is 2.74. The first kappa shape index (κ1) is 11.5. The number of hydrogen-bond acceptors (Lipinski definition) is 1. The van der Waals surface area contributed by atoms with Gasteiger partial charge in [0.25, 0.3) is 0 Å². The van der Waals surface area contributed by atoms with Crippen LogP contribution < -0.4 is 10.6 Å². The summed E-state index contributed by atoms with van der Waals surface area (Å²) in [6, 6.07) is 17.9. The first-order valence-corrected chi connectivity index (χ1v) is 7.91. The molecule has 0 bridgehead atoms. The summed E-state index contributed by atoms with van der Waals surface area (Å²) in [5.74, 6) is 0. The van der Waals surface area contributed by atoms with Gasteiger partial charge in [-0.15, -0.1) is 6.58 Å². The van der Waals surface area contributed by atoms with Crippen LogP contribution >= 0.6 is 7.14 Å². The lowest BCUT2D eigenvalue weighted by molar-refractivity contribution is 0.584. The molecule has 0 aliphatic carbocycles. The highest BCUT2D eigenvalue weighted by Gasteiger charge is 2.41. The van der Waals surface area contributed by atoms with E-state index in [4.69, 9.17) is 0 Å². The van der Waals surface area contributed by atoms with Crippen LogP contribution in [0.4, 0.5) is 0 Å². The van der Waals surface area contributed by atoms with Crippen LogP contribution in [0, 0.1) is 0 Å². The van der Waals surface area contributed by atoms with Gasteiger partial charge in [-0.3, -0.25) is 0 Å². The average molecular weight is 254 g/mol. The number of allylic oxidation sites excluding steroid dienone is 1. The lowest BCUT2D eigenvalue weighted by atomic mass is 10.1. The zero-order valence-corrected chi connectivity index (χ0v) is 11.0. The lowest BCUT2D eigenvalue weighted by Crippen LogP contribution is -2.18. The first-order chi connectivity index (χ1) is 8.76. The zero-order chi connectivity index (χ0) is 12.6. The van der Waals surface area contributed by atoms with Gasteiger partial charge in [0.2, 0.25) is 0 Å². The Morgan fingerprint density at radius 1 is 1.06 bits per heavy atom. The van der Waals surface area contributed by atoms with Crippen molar-refractivity contribution < 1.29 is 4.57 Å². The van der Waals surface area contributed by atoms with Gasteiger partial charge in [0.1, 0.15) is 7.14 Å². The molecule has 1 aliphatic heterocycles. The SMILES string of the molecule is C=CC1Cc2ccccc2P1(=O)c1ccccc1. The zero-order valence-electron chi connectivity index (χ0n) is 10.1. The fourth-order valence-electron chi connectivity index (χ4n) is 2.75. The Hall–Kier alpha value is -1.59. The van der Waals surface area contributed by atoms with Crippen molar-refractivity contribution in [2.24, 2.45) is 0 Å². The lowest BCUT2D eigenvalue weighted by Gasteiger charge is -2.19. The summed E-state index contributed by atoms with van der Waals surface area (Å²) in [7, 11) is -2.54. The van der Waals surface area contributed by atoms with Gasteiger partial charge < -0.3 is 4.57 Å². The molecule has 0 spiro atoms. The summed E-state index contributed by atoms with van der Waals surface area (Å²) in [6.45, 7) is 3.87. The molecule has 0 saturated carbocycles. The van der Waals surface area contributed by atoms with E-state index < -0.39 is 7.14 Å². The predicted octanol–water partition coefficient (Wildman–Crippen LogP) is 3.11. The third-order valence-electron chi connectivity index (χ3n) is 3.66. The van der Waals surface area contributed by atoms with Crippen molar-refractivity contribution in [2.75, 3.05) is 0 Å². The highest BCUT2D eigenvalue weighted by atomic mass is 31.2. The second kappa shape index (κ2) is 4.26. The normalized spacial score (nSPS) is 25.7. The highest BCUT2D eigenvalue weighted by Crippen LogP contribution is 2.55. The second-order valence-electron chi connectivity index (χ2n) is 4.63. The predicted molar refractivity (Wildman–Crippen MR) is 77.4 cm³/mol. The Balaban J connectivity index is 2.26. The minimum atomic E-state index is -2.54. The largest absolute Gasteiger partial charge is 0.313 e. The Morgan fingerprint density at radius 2 is 1.72 bits per heavy atom. The fraction of sp³-hybridized carbons (Fsp3) is 0.125. The maximum atomic E-state index is 13.5. The van der Waals surface area contributed by atoms with Gasteiger partial charge in [-0.2, -0.15) is 0 Å². The van der Waals surface area contributed by atoms with E-state index in [1.165, 1.54) is 5.56 Å². The van der Waals surface area contributed by atoms with Crippen molar-refractivity contribution in [3.63, 3.8) is 0 Å². The summed E-state index contributed by atoms with van der Waals surface area (Å²) < 4.78 is 13.5. The maximum Gasteiger partial charge on any atom is 0.150 e. The number of hydrogen-bond donors (Lipinski definition) is 0. The van der Waals surface area contributed by atoms with Crippen LogP contribution in [0.15, 0.2) is 67.3 Å². The highest BCUT2D eigenvalue weighted by molar-refractivity contribution is 7.80. The molecule has 2 aromatic rings. The number of rotatable bonds is 2. The smallest absolute Gasteiger partial charge is 0.150 e. The van der Waals surface area contributed by atoms with Crippen LogP contribution in [0.1, 0.15) is 5.56 Å². The van der Waals surface area contributed by atoms with Crippen molar-refractivity contribution >= 4 is 17.8 Å². The summed E-state index contributed by atoms with van der Waals surface area (Å²) in [6.07, 6.45) is 2.69.